The molecule has 3 N–H and O–H groups in total. The maximum Gasteiger partial charge on any atom is 0.416 e. The highest BCUT2D eigenvalue weighted by Gasteiger charge is 2.32. The molecule has 0 fully saturated rings. The lowest BCUT2D eigenvalue weighted by molar-refractivity contribution is -0.137. The van der Waals surface area contributed by atoms with Crippen LogP contribution in [0.1, 0.15) is 30.5 Å². The molecular formula is C18H19ClF3N3. The number of aryl methyl sites for hydroxylation is 2. The third-order valence-corrected chi connectivity index (χ3v) is 4.12. The molecule has 0 heterocycles. The predicted octanol–water partition coefficient (Wildman–Crippen LogP) is 5.54. The average Bonchev–Trinajstić information content (AvgIpc) is 2.55. The van der Waals surface area contributed by atoms with Crippen LogP contribution in [-0.2, 0) is 19.0 Å². The van der Waals surface area contributed by atoms with Crippen molar-refractivity contribution in [2.24, 2.45) is 10.7 Å². The largest absolute Gasteiger partial charge is 0.416 e. The van der Waals surface area contributed by atoms with Crippen molar-refractivity contribution in [1.82, 2.24) is 0 Å². The van der Waals surface area contributed by atoms with Crippen LogP contribution in [0.25, 0.3) is 0 Å². The minimum atomic E-state index is -4.48. The highest BCUT2D eigenvalue weighted by Crippen LogP contribution is 2.37. The van der Waals surface area contributed by atoms with Crippen LogP contribution in [0.3, 0.4) is 0 Å². The molecule has 0 aliphatic carbocycles. The maximum absolute atomic E-state index is 13.0. The fourth-order valence-corrected chi connectivity index (χ4v) is 2.63. The van der Waals surface area contributed by atoms with E-state index in [1.165, 1.54) is 0 Å². The lowest BCUT2D eigenvalue weighted by Gasteiger charge is -2.13. The van der Waals surface area contributed by atoms with Gasteiger partial charge in [-0.1, -0.05) is 37.6 Å². The predicted molar refractivity (Wildman–Crippen MR) is 96.6 cm³/mol. The Labute approximate surface area is 149 Å². The number of nitrogens with two attached hydrogens (primary N) is 1. The standard InChI is InChI=1S/C18H19ClF3N3/c1-3-11-6-5-7-14(8-11)24-17(23)25-15-10-13(18(20,21)22)9-12(4-2)16(15)19/h5-10H,3-4H2,1-2H3,(H3,23,24,25). The number of guanidine groups is 1. The first-order chi connectivity index (χ1) is 11.7. The number of nitrogens with one attached hydrogen (secondary N) is 1. The normalized spacial score (nSPS) is 12.3. The third kappa shape index (κ3) is 4.89. The second-order valence-electron chi connectivity index (χ2n) is 5.50. The molecule has 3 nitrogen and oxygen atoms in total. The average molecular weight is 370 g/mol. The quantitative estimate of drug-likeness (QED) is 0.549. The molecule has 0 saturated carbocycles. The van der Waals surface area contributed by atoms with Gasteiger partial charge in [0.1, 0.15) is 0 Å². The van der Waals surface area contributed by atoms with Crippen LogP contribution >= 0.6 is 11.6 Å². The van der Waals surface area contributed by atoms with Gasteiger partial charge < -0.3 is 11.1 Å². The van der Waals surface area contributed by atoms with Gasteiger partial charge in [-0.25, -0.2) is 4.99 Å². The Morgan fingerprint density at radius 1 is 1.16 bits per heavy atom. The molecule has 0 amide bonds. The van der Waals surface area contributed by atoms with E-state index in [1.807, 2.05) is 25.1 Å². The first kappa shape index (κ1) is 19.1. The topological polar surface area (TPSA) is 50.4 Å². The van der Waals surface area contributed by atoms with Gasteiger partial charge in [0.05, 0.1) is 16.3 Å². The SMILES string of the molecule is CCc1cccc(NC(N)=Nc2cc(C(F)(F)F)cc(CC)c2Cl)c1. The summed E-state index contributed by atoms with van der Waals surface area (Å²) in [5.74, 6) is -0.0310. The van der Waals surface area contributed by atoms with Crippen molar-refractivity contribution in [1.29, 1.82) is 0 Å². The zero-order chi connectivity index (χ0) is 18.6. The minimum Gasteiger partial charge on any atom is -0.369 e. The van der Waals surface area contributed by atoms with Crippen LogP contribution in [0.5, 0.6) is 0 Å². The molecule has 0 atom stereocenters. The Balaban J connectivity index is 2.37. The Morgan fingerprint density at radius 3 is 2.48 bits per heavy atom. The van der Waals surface area contributed by atoms with Gasteiger partial charge in [-0.2, -0.15) is 13.2 Å². The monoisotopic (exact) mass is 369 g/mol. The summed E-state index contributed by atoms with van der Waals surface area (Å²) in [4.78, 5) is 4.04. The fourth-order valence-electron chi connectivity index (χ4n) is 2.34. The molecule has 7 heteroatoms. The molecule has 0 radical (unpaired) electrons. The first-order valence-corrected chi connectivity index (χ1v) is 8.22. The second-order valence-corrected chi connectivity index (χ2v) is 5.87. The molecule has 0 aliphatic rings. The Bertz CT molecular complexity index is 786. The number of halogens is 4. The van der Waals surface area contributed by atoms with Crippen molar-refractivity contribution < 1.29 is 13.2 Å². The maximum atomic E-state index is 13.0. The Morgan fingerprint density at radius 2 is 1.88 bits per heavy atom. The van der Waals surface area contributed by atoms with Crippen molar-refractivity contribution >= 4 is 28.9 Å². The number of hydrogen-bond acceptors (Lipinski definition) is 1. The summed E-state index contributed by atoms with van der Waals surface area (Å²) >= 11 is 6.17. The highest BCUT2D eigenvalue weighted by atomic mass is 35.5. The van der Waals surface area contributed by atoms with Crippen LogP contribution in [0.15, 0.2) is 41.4 Å². The summed E-state index contributed by atoms with van der Waals surface area (Å²) in [5.41, 5.74) is 7.22. The van der Waals surface area contributed by atoms with Crippen molar-refractivity contribution in [2.75, 3.05) is 5.32 Å². The van der Waals surface area contributed by atoms with Gasteiger partial charge in [0, 0.05) is 5.69 Å². The molecule has 134 valence electrons. The van der Waals surface area contributed by atoms with E-state index in [0.717, 1.165) is 24.1 Å². The van der Waals surface area contributed by atoms with Crippen LogP contribution in [0.2, 0.25) is 5.02 Å². The van der Waals surface area contributed by atoms with E-state index in [0.29, 0.717) is 17.7 Å². The number of aliphatic imine (C=N–C) groups is 1. The van der Waals surface area contributed by atoms with E-state index in [4.69, 9.17) is 17.3 Å². The molecule has 2 rings (SSSR count). The second kappa shape index (κ2) is 7.78. The van der Waals surface area contributed by atoms with E-state index in [2.05, 4.69) is 10.3 Å². The van der Waals surface area contributed by atoms with E-state index < -0.39 is 11.7 Å². The molecule has 25 heavy (non-hydrogen) atoms. The van der Waals surface area contributed by atoms with Crippen molar-refractivity contribution in [2.45, 2.75) is 32.9 Å². The van der Waals surface area contributed by atoms with Gasteiger partial charge in [-0.05, 0) is 48.2 Å². The number of alkyl halides is 3. The summed E-state index contributed by atoms with van der Waals surface area (Å²) < 4.78 is 39.1. The van der Waals surface area contributed by atoms with E-state index in [1.54, 1.807) is 13.0 Å². The van der Waals surface area contributed by atoms with Gasteiger partial charge in [0.15, 0.2) is 5.96 Å². The van der Waals surface area contributed by atoms with E-state index in [9.17, 15) is 13.2 Å². The molecule has 0 spiro atoms. The van der Waals surface area contributed by atoms with Crippen molar-refractivity contribution in [3.05, 3.63) is 58.1 Å². The summed E-state index contributed by atoms with van der Waals surface area (Å²) in [6.07, 6.45) is -3.26. The Kier molecular flexibility index (Phi) is 5.95. The zero-order valence-corrected chi connectivity index (χ0v) is 14.7. The number of rotatable bonds is 4. The lowest BCUT2D eigenvalue weighted by Crippen LogP contribution is -2.22. The van der Waals surface area contributed by atoms with Gasteiger partial charge in [-0.15, -0.1) is 0 Å². The first-order valence-electron chi connectivity index (χ1n) is 7.84. The molecule has 0 unspecified atom stereocenters. The molecular weight excluding hydrogens is 351 g/mol. The van der Waals surface area contributed by atoms with E-state index in [-0.39, 0.29) is 16.7 Å². The Hall–Kier alpha value is -2.21. The van der Waals surface area contributed by atoms with Crippen molar-refractivity contribution in [3.63, 3.8) is 0 Å². The molecule has 0 bridgehead atoms. The van der Waals surface area contributed by atoms with Gasteiger partial charge in [0.25, 0.3) is 0 Å². The van der Waals surface area contributed by atoms with Gasteiger partial charge >= 0.3 is 6.18 Å². The molecule has 0 aromatic heterocycles. The summed E-state index contributed by atoms with van der Waals surface area (Å²) in [7, 11) is 0. The summed E-state index contributed by atoms with van der Waals surface area (Å²) in [6.45, 7) is 3.75. The number of hydrogen-bond donors (Lipinski definition) is 2. The molecule has 2 aromatic carbocycles. The molecule has 0 aliphatic heterocycles. The van der Waals surface area contributed by atoms with Gasteiger partial charge in [-0.3, -0.25) is 0 Å². The van der Waals surface area contributed by atoms with Crippen molar-refractivity contribution in [3.8, 4) is 0 Å². The van der Waals surface area contributed by atoms with Crippen LogP contribution in [0.4, 0.5) is 24.5 Å². The van der Waals surface area contributed by atoms with E-state index >= 15 is 0 Å². The molecule has 0 saturated heterocycles. The van der Waals surface area contributed by atoms with Gasteiger partial charge in [0.2, 0.25) is 0 Å². The lowest BCUT2D eigenvalue weighted by atomic mass is 10.1. The fraction of sp³-hybridized carbons (Fsp3) is 0.278. The van der Waals surface area contributed by atoms with Crippen LogP contribution in [-0.4, -0.2) is 5.96 Å². The van der Waals surface area contributed by atoms with Crippen LogP contribution in [0, 0.1) is 0 Å². The summed E-state index contributed by atoms with van der Waals surface area (Å²) in [5, 5.41) is 3.04. The smallest absolute Gasteiger partial charge is 0.369 e. The molecule has 2 aromatic rings. The number of anilines is 1. The summed E-state index contributed by atoms with van der Waals surface area (Å²) in [6, 6.07) is 9.46. The highest BCUT2D eigenvalue weighted by molar-refractivity contribution is 6.34. The third-order valence-electron chi connectivity index (χ3n) is 3.69. The number of benzene rings is 2. The minimum absolute atomic E-state index is 0.00927. The van der Waals surface area contributed by atoms with Crippen LogP contribution < -0.4 is 11.1 Å². The zero-order valence-electron chi connectivity index (χ0n) is 13.9. The number of nitrogens with zero attached hydrogens (tertiary/aromatic N) is 1.